The van der Waals surface area contributed by atoms with Crippen molar-refractivity contribution in [2.45, 2.75) is 0 Å². The molecule has 0 aromatic carbocycles. The minimum Gasteiger partial charge on any atom is -0.480 e. The molecule has 0 atom stereocenters. The average molecular weight is 220 g/mol. The lowest BCUT2D eigenvalue weighted by Crippen LogP contribution is -2.04. The van der Waals surface area contributed by atoms with Gasteiger partial charge < -0.3 is 4.74 Å². The van der Waals surface area contributed by atoms with E-state index in [1.54, 1.807) is 6.07 Å². The number of hydrogen-bond acceptors (Lipinski definition) is 3. The number of rotatable bonds is 3. The zero-order valence-electron chi connectivity index (χ0n) is 6.88. The van der Waals surface area contributed by atoms with Crippen molar-refractivity contribution in [3.8, 4) is 5.88 Å². The molecule has 0 aliphatic carbocycles. The summed E-state index contributed by atoms with van der Waals surface area (Å²) in [4.78, 5) is 15.0. The molecule has 0 fully saturated rings. The van der Waals surface area contributed by atoms with Crippen LogP contribution >= 0.6 is 23.2 Å². The molecule has 0 saturated carbocycles. The standard InChI is InChI=1S/C8H7Cl2NO2/c1-13-8-5(6(12)4-9)2-3-7(10)11-8/h2-3H,4H2,1H3. The number of Topliss-reactive ketones (excluding diaryl/α,β-unsaturated/α-hetero) is 1. The molecule has 0 bridgehead atoms. The minimum absolute atomic E-state index is 0.0975. The summed E-state index contributed by atoms with van der Waals surface area (Å²) in [5.74, 6) is -0.125. The Morgan fingerprint density at radius 2 is 2.31 bits per heavy atom. The largest absolute Gasteiger partial charge is 0.480 e. The van der Waals surface area contributed by atoms with Crippen LogP contribution in [-0.4, -0.2) is 23.8 Å². The monoisotopic (exact) mass is 219 g/mol. The molecule has 1 aromatic heterocycles. The number of nitrogens with zero attached hydrogens (tertiary/aromatic N) is 1. The number of ether oxygens (including phenoxy) is 1. The third-order valence-electron chi connectivity index (χ3n) is 1.44. The number of ketones is 1. The van der Waals surface area contributed by atoms with Crippen LogP contribution in [0.3, 0.4) is 0 Å². The molecular weight excluding hydrogens is 213 g/mol. The summed E-state index contributed by atoms with van der Waals surface area (Å²) in [5, 5.41) is 0.281. The second-order valence-electron chi connectivity index (χ2n) is 2.25. The molecular formula is C8H7Cl2NO2. The first kappa shape index (κ1) is 10.3. The predicted octanol–water partition coefficient (Wildman–Crippen LogP) is 2.17. The summed E-state index contributed by atoms with van der Waals surface area (Å²) in [5.41, 5.74) is 0.349. The quantitative estimate of drug-likeness (QED) is 0.445. The van der Waals surface area contributed by atoms with Crippen molar-refractivity contribution in [1.82, 2.24) is 4.98 Å². The van der Waals surface area contributed by atoms with E-state index >= 15 is 0 Å². The Bertz CT molecular complexity index is 328. The number of methoxy groups -OCH3 is 1. The summed E-state index contributed by atoms with van der Waals surface area (Å²) in [6, 6.07) is 3.06. The Hall–Kier alpha value is -0.800. The first-order chi connectivity index (χ1) is 6.19. The van der Waals surface area contributed by atoms with Gasteiger partial charge in [0.25, 0.3) is 0 Å². The lowest BCUT2D eigenvalue weighted by Gasteiger charge is -2.04. The van der Waals surface area contributed by atoms with Crippen molar-refractivity contribution in [2.24, 2.45) is 0 Å². The van der Waals surface area contributed by atoms with Gasteiger partial charge in [-0.3, -0.25) is 4.79 Å². The molecule has 3 nitrogen and oxygen atoms in total. The highest BCUT2D eigenvalue weighted by molar-refractivity contribution is 6.31. The normalized spacial score (nSPS) is 9.77. The van der Waals surface area contributed by atoms with Crippen LogP contribution in [-0.2, 0) is 0 Å². The maximum atomic E-state index is 11.2. The number of carbonyl (C=O) groups is 1. The Labute approximate surface area is 85.6 Å². The third kappa shape index (κ3) is 2.32. The van der Waals surface area contributed by atoms with Crippen molar-refractivity contribution in [1.29, 1.82) is 0 Å². The van der Waals surface area contributed by atoms with E-state index < -0.39 is 0 Å². The highest BCUT2D eigenvalue weighted by Gasteiger charge is 2.12. The van der Waals surface area contributed by atoms with Gasteiger partial charge in [0.15, 0.2) is 5.78 Å². The van der Waals surface area contributed by atoms with Crippen molar-refractivity contribution in [3.63, 3.8) is 0 Å². The van der Waals surface area contributed by atoms with Gasteiger partial charge in [0.1, 0.15) is 5.15 Å². The molecule has 1 heterocycles. The van der Waals surface area contributed by atoms with Gasteiger partial charge in [-0.1, -0.05) is 11.6 Å². The van der Waals surface area contributed by atoms with Crippen LogP contribution in [0.4, 0.5) is 0 Å². The highest BCUT2D eigenvalue weighted by Crippen LogP contribution is 2.19. The van der Waals surface area contributed by atoms with E-state index in [4.69, 9.17) is 27.9 Å². The van der Waals surface area contributed by atoms with Crippen LogP contribution in [0, 0.1) is 0 Å². The van der Waals surface area contributed by atoms with Crippen LogP contribution in [0.2, 0.25) is 5.15 Å². The predicted molar refractivity (Wildman–Crippen MR) is 50.8 cm³/mol. The molecule has 0 aliphatic rings. The summed E-state index contributed by atoms with van der Waals surface area (Å²) in [6.45, 7) is 0. The molecule has 0 aliphatic heterocycles. The number of hydrogen-bond donors (Lipinski definition) is 0. The second kappa shape index (κ2) is 4.44. The molecule has 70 valence electrons. The Balaban J connectivity index is 3.13. The van der Waals surface area contributed by atoms with Gasteiger partial charge in [-0.25, -0.2) is 4.98 Å². The lowest BCUT2D eigenvalue weighted by molar-refractivity contribution is 0.101. The third-order valence-corrected chi connectivity index (χ3v) is 1.89. The number of halogens is 2. The molecule has 0 radical (unpaired) electrons. The van der Waals surface area contributed by atoms with Gasteiger partial charge >= 0.3 is 0 Å². The zero-order chi connectivity index (χ0) is 9.84. The smallest absolute Gasteiger partial charge is 0.225 e. The summed E-state index contributed by atoms with van der Waals surface area (Å²) in [7, 11) is 1.42. The van der Waals surface area contributed by atoms with Crippen molar-refractivity contribution in [2.75, 3.05) is 13.0 Å². The van der Waals surface area contributed by atoms with Crippen LogP contribution in [0.5, 0.6) is 5.88 Å². The molecule has 1 rings (SSSR count). The van der Waals surface area contributed by atoms with Crippen molar-refractivity contribution < 1.29 is 9.53 Å². The summed E-state index contributed by atoms with van der Waals surface area (Å²) < 4.78 is 4.87. The van der Waals surface area contributed by atoms with E-state index in [-0.39, 0.29) is 22.7 Å². The Morgan fingerprint density at radius 3 is 2.85 bits per heavy atom. The lowest BCUT2D eigenvalue weighted by atomic mass is 10.2. The molecule has 0 spiro atoms. The van der Waals surface area contributed by atoms with Crippen LogP contribution in [0.1, 0.15) is 10.4 Å². The van der Waals surface area contributed by atoms with E-state index in [0.29, 0.717) is 5.56 Å². The molecule has 5 heteroatoms. The average Bonchev–Trinajstić information content (AvgIpc) is 2.16. The SMILES string of the molecule is COc1nc(Cl)ccc1C(=O)CCl. The number of carbonyl (C=O) groups excluding carboxylic acids is 1. The van der Waals surface area contributed by atoms with Gasteiger partial charge in [-0.05, 0) is 12.1 Å². The van der Waals surface area contributed by atoms with E-state index in [2.05, 4.69) is 4.98 Å². The van der Waals surface area contributed by atoms with Gasteiger partial charge in [0.2, 0.25) is 5.88 Å². The van der Waals surface area contributed by atoms with Gasteiger partial charge in [-0.15, -0.1) is 11.6 Å². The first-order valence-electron chi connectivity index (χ1n) is 3.48. The van der Waals surface area contributed by atoms with Crippen molar-refractivity contribution in [3.05, 3.63) is 22.8 Å². The number of alkyl halides is 1. The summed E-state index contributed by atoms with van der Waals surface area (Å²) >= 11 is 11.0. The minimum atomic E-state index is -0.234. The topological polar surface area (TPSA) is 39.2 Å². The van der Waals surface area contributed by atoms with Gasteiger partial charge in [0, 0.05) is 0 Å². The number of pyridine rings is 1. The fourth-order valence-electron chi connectivity index (χ4n) is 0.858. The van der Waals surface area contributed by atoms with E-state index in [1.165, 1.54) is 13.2 Å². The molecule has 1 aromatic rings. The van der Waals surface area contributed by atoms with Crippen molar-refractivity contribution >= 4 is 29.0 Å². The fourth-order valence-corrected chi connectivity index (χ4v) is 1.14. The molecule has 0 amide bonds. The van der Waals surface area contributed by atoms with Gasteiger partial charge in [-0.2, -0.15) is 0 Å². The summed E-state index contributed by atoms with van der Waals surface area (Å²) in [6.07, 6.45) is 0. The highest BCUT2D eigenvalue weighted by atomic mass is 35.5. The molecule has 0 N–H and O–H groups in total. The van der Waals surface area contributed by atoms with Gasteiger partial charge in [0.05, 0.1) is 18.6 Å². The second-order valence-corrected chi connectivity index (χ2v) is 2.90. The van der Waals surface area contributed by atoms with Crippen LogP contribution < -0.4 is 4.74 Å². The maximum Gasteiger partial charge on any atom is 0.225 e. The van der Waals surface area contributed by atoms with Crippen LogP contribution in [0.15, 0.2) is 12.1 Å². The van der Waals surface area contributed by atoms with E-state index in [9.17, 15) is 4.79 Å². The fraction of sp³-hybridized carbons (Fsp3) is 0.250. The molecule has 0 unspecified atom stereocenters. The Morgan fingerprint density at radius 1 is 1.62 bits per heavy atom. The number of aromatic nitrogens is 1. The molecule has 13 heavy (non-hydrogen) atoms. The maximum absolute atomic E-state index is 11.2. The van der Waals surface area contributed by atoms with Crippen LogP contribution in [0.25, 0.3) is 0 Å². The zero-order valence-corrected chi connectivity index (χ0v) is 8.39. The van der Waals surface area contributed by atoms with E-state index in [0.717, 1.165) is 0 Å². The first-order valence-corrected chi connectivity index (χ1v) is 4.40. The Kier molecular flexibility index (Phi) is 3.51. The molecule has 0 saturated heterocycles. The van der Waals surface area contributed by atoms with E-state index in [1.807, 2.05) is 0 Å².